The number of benzene rings is 1. The fraction of sp³-hybridized carbons (Fsp3) is 0.318. The number of rotatable bonds is 2. The van der Waals surface area contributed by atoms with Gasteiger partial charge in [-0.3, -0.25) is 9.59 Å². The number of nitrogens with one attached hydrogen (secondary N) is 1. The lowest BCUT2D eigenvalue weighted by Gasteiger charge is -2.40. The molecular weight excluding hydrogens is 366 g/mol. The smallest absolute Gasteiger partial charge is 0.263 e. The predicted molar refractivity (Wildman–Crippen MR) is 107 cm³/mol. The van der Waals surface area contributed by atoms with Crippen LogP contribution in [0, 0.1) is 0 Å². The topological polar surface area (TPSA) is 91.8 Å². The summed E-state index contributed by atoms with van der Waals surface area (Å²) in [7, 11) is 0. The number of likely N-dealkylation sites (tertiary alicyclic amines) is 1. The Hall–Kier alpha value is -3.35. The second kappa shape index (κ2) is 6.92. The highest BCUT2D eigenvalue weighted by Gasteiger charge is 2.45. The van der Waals surface area contributed by atoms with Crippen molar-refractivity contribution in [2.75, 3.05) is 13.1 Å². The molecule has 1 spiro atoms. The van der Waals surface area contributed by atoms with Gasteiger partial charge in [-0.15, -0.1) is 0 Å². The van der Waals surface area contributed by atoms with E-state index in [2.05, 4.69) is 15.0 Å². The van der Waals surface area contributed by atoms with Crippen LogP contribution in [0.25, 0.3) is 11.4 Å². The van der Waals surface area contributed by atoms with E-state index in [4.69, 9.17) is 4.98 Å². The van der Waals surface area contributed by atoms with Crippen molar-refractivity contribution in [1.82, 2.24) is 24.8 Å². The highest BCUT2D eigenvalue weighted by Crippen LogP contribution is 2.44. The second-order valence-electron chi connectivity index (χ2n) is 7.84. The van der Waals surface area contributed by atoms with Gasteiger partial charge in [0.2, 0.25) is 0 Å². The average molecular weight is 387 g/mol. The van der Waals surface area contributed by atoms with Gasteiger partial charge in [0.1, 0.15) is 5.56 Å². The molecule has 7 heteroatoms. The Morgan fingerprint density at radius 3 is 2.83 bits per heavy atom. The molecule has 3 aromatic rings. The van der Waals surface area contributed by atoms with E-state index in [0.717, 1.165) is 42.8 Å². The number of carbonyl (C=O) groups is 1. The van der Waals surface area contributed by atoms with Crippen LogP contribution in [-0.4, -0.2) is 43.8 Å². The molecule has 7 nitrogen and oxygen atoms in total. The Kier molecular flexibility index (Phi) is 4.23. The summed E-state index contributed by atoms with van der Waals surface area (Å²) in [5, 5.41) is 0. The Balaban J connectivity index is 1.49. The molecular formula is C22H21N5O2. The molecule has 1 N–H and O–H groups in total. The van der Waals surface area contributed by atoms with E-state index in [0.29, 0.717) is 13.1 Å². The van der Waals surface area contributed by atoms with Gasteiger partial charge in [-0.1, -0.05) is 30.3 Å². The van der Waals surface area contributed by atoms with E-state index in [9.17, 15) is 9.59 Å². The summed E-state index contributed by atoms with van der Waals surface area (Å²) in [5.74, 6) is 0.460. The lowest BCUT2D eigenvalue weighted by Crippen LogP contribution is -2.49. The molecule has 1 atom stereocenters. The maximum Gasteiger partial charge on any atom is 0.263 e. The van der Waals surface area contributed by atoms with Gasteiger partial charge in [-0.25, -0.2) is 15.0 Å². The summed E-state index contributed by atoms with van der Waals surface area (Å²) in [5.41, 5.74) is 2.73. The summed E-state index contributed by atoms with van der Waals surface area (Å²) >= 11 is 0. The Morgan fingerprint density at radius 2 is 2.00 bits per heavy atom. The Morgan fingerprint density at radius 1 is 1.14 bits per heavy atom. The number of carbonyl (C=O) groups excluding carboxylic acids is 1. The molecule has 3 heterocycles. The first-order chi connectivity index (χ1) is 14.2. The van der Waals surface area contributed by atoms with Crippen LogP contribution in [0.5, 0.6) is 0 Å². The van der Waals surface area contributed by atoms with Crippen LogP contribution in [0.3, 0.4) is 0 Å². The summed E-state index contributed by atoms with van der Waals surface area (Å²) in [6, 6.07) is 9.95. The second-order valence-corrected chi connectivity index (χ2v) is 7.84. The number of nitrogens with zero attached hydrogens (tertiary/aromatic N) is 4. The number of hydrogen-bond donors (Lipinski definition) is 1. The van der Waals surface area contributed by atoms with E-state index < -0.39 is 5.56 Å². The minimum atomic E-state index is -0.398. The van der Waals surface area contributed by atoms with E-state index in [1.165, 1.54) is 18.1 Å². The third-order valence-corrected chi connectivity index (χ3v) is 6.08. The number of hydrogen-bond acceptors (Lipinski definition) is 5. The standard InChI is InChI=1S/C22H21N5O2/c28-20-17(12-23-14-25-20)21(29)27-10-4-8-22(13-27)9-7-16-11-24-19(26-18(16)22)15-5-2-1-3-6-15/h1-3,5-6,11-12,14H,4,7-10,13H2,(H,23,25,28). The van der Waals surface area contributed by atoms with Crippen LogP contribution >= 0.6 is 0 Å². The number of H-pyrrole nitrogens is 1. The van der Waals surface area contributed by atoms with Gasteiger partial charge in [-0.2, -0.15) is 0 Å². The third-order valence-electron chi connectivity index (χ3n) is 6.08. The van der Waals surface area contributed by atoms with Crippen LogP contribution in [0.4, 0.5) is 0 Å². The van der Waals surface area contributed by atoms with Crippen molar-refractivity contribution in [1.29, 1.82) is 0 Å². The molecule has 2 aliphatic rings. The maximum absolute atomic E-state index is 13.0. The van der Waals surface area contributed by atoms with Crippen molar-refractivity contribution < 1.29 is 4.79 Å². The fourth-order valence-electron chi connectivity index (χ4n) is 4.64. The first-order valence-corrected chi connectivity index (χ1v) is 9.90. The van der Waals surface area contributed by atoms with Crippen molar-refractivity contribution in [2.45, 2.75) is 31.1 Å². The number of fused-ring (bicyclic) bond motifs is 2. The summed E-state index contributed by atoms with van der Waals surface area (Å²) in [6.07, 6.45) is 8.31. The molecule has 2 aromatic heterocycles. The normalized spacial score (nSPS) is 20.6. The van der Waals surface area contributed by atoms with Crippen molar-refractivity contribution in [2.24, 2.45) is 0 Å². The van der Waals surface area contributed by atoms with E-state index in [1.54, 1.807) is 4.90 Å². The third kappa shape index (κ3) is 3.03. The molecule has 1 aliphatic heterocycles. The minimum Gasteiger partial charge on any atom is -0.337 e. The first kappa shape index (κ1) is 17.7. The SMILES string of the molecule is O=C(c1cnc[nH]c1=O)N1CCCC2(CCc3cnc(-c4ccccc4)nc32)C1. The van der Waals surface area contributed by atoms with E-state index in [-0.39, 0.29) is 16.9 Å². The van der Waals surface area contributed by atoms with Gasteiger partial charge in [0.15, 0.2) is 5.82 Å². The van der Waals surface area contributed by atoms with Crippen molar-refractivity contribution >= 4 is 5.91 Å². The number of amides is 1. The van der Waals surface area contributed by atoms with E-state index >= 15 is 0 Å². The number of aryl methyl sites for hydroxylation is 1. The predicted octanol–water partition coefficient (Wildman–Crippen LogP) is 2.35. The van der Waals surface area contributed by atoms with E-state index in [1.807, 2.05) is 36.5 Å². The lowest BCUT2D eigenvalue weighted by molar-refractivity contribution is 0.0631. The molecule has 5 rings (SSSR count). The average Bonchev–Trinajstić information content (AvgIpc) is 3.11. The Bertz CT molecular complexity index is 1120. The monoisotopic (exact) mass is 387 g/mol. The van der Waals surface area contributed by atoms with Gasteiger partial charge < -0.3 is 9.88 Å². The molecule has 1 aromatic carbocycles. The van der Waals surface area contributed by atoms with Crippen molar-refractivity contribution in [3.63, 3.8) is 0 Å². The van der Waals surface area contributed by atoms with Gasteiger partial charge in [0.25, 0.3) is 11.5 Å². The number of aromatic nitrogens is 4. The van der Waals surface area contributed by atoms with Gasteiger partial charge in [-0.05, 0) is 31.2 Å². The van der Waals surface area contributed by atoms with Crippen LogP contribution in [0.15, 0.2) is 53.8 Å². The molecule has 1 unspecified atom stereocenters. The quantitative estimate of drug-likeness (QED) is 0.729. The van der Waals surface area contributed by atoms with Gasteiger partial charge in [0.05, 0.1) is 12.0 Å². The van der Waals surface area contributed by atoms with Gasteiger partial charge in [0, 0.05) is 36.5 Å². The Labute approximate surface area is 167 Å². The highest BCUT2D eigenvalue weighted by molar-refractivity contribution is 5.93. The van der Waals surface area contributed by atoms with Crippen LogP contribution in [0.1, 0.15) is 40.9 Å². The zero-order valence-corrected chi connectivity index (χ0v) is 16.0. The molecule has 1 saturated heterocycles. The number of piperidine rings is 1. The van der Waals surface area contributed by atoms with Crippen molar-refractivity contribution in [3.8, 4) is 11.4 Å². The number of aromatic amines is 1. The zero-order valence-electron chi connectivity index (χ0n) is 16.0. The largest absolute Gasteiger partial charge is 0.337 e. The molecule has 0 saturated carbocycles. The molecule has 1 aliphatic carbocycles. The lowest BCUT2D eigenvalue weighted by atomic mass is 9.77. The molecule has 146 valence electrons. The van der Waals surface area contributed by atoms with Crippen LogP contribution in [0.2, 0.25) is 0 Å². The maximum atomic E-state index is 13.0. The summed E-state index contributed by atoms with van der Waals surface area (Å²) in [6.45, 7) is 1.21. The molecule has 29 heavy (non-hydrogen) atoms. The van der Waals surface area contributed by atoms with Crippen LogP contribution in [-0.2, 0) is 11.8 Å². The molecule has 1 amide bonds. The fourth-order valence-corrected chi connectivity index (χ4v) is 4.64. The zero-order chi connectivity index (χ0) is 19.8. The van der Waals surface area contributed by atoms with Crippen LogP contribution < -0.4 is 5.56 Å². The molecule has 0 radical (unpaired) electrons. The van der Waals surface area contributed by atoms with Crippen molar-refractivity contribution in [3.05, 3.63) is 76.2 Å². The minimum absolute atomic E-state index is 0.0930. The molecule has 0 bridgehead atoms. The molecule has 1 fully saturated rings. The summed E-state index contributed by atoms with van der Waals surface area (Å²) in [4.78, 5) is 42.8. The first-order valence-electron chi connectivity index (χ1n) is 9.90. The van der Waals surface area contributed by atoms with Gasteiger partial charge >= 0.3 is 0 Å². The highest BCUT2D eigenvalue weighted by atomic mass is 16.2. The summed E-state index contributed by atoms with van der Waals surface area (Å²) < 4.78 is 0.